The summed E-state index contributed by atoms with van der Waals surface area (Å²) in [6, 6.07) is 28.5. The van der Waals surface area contributed by atoms with Crippen molar-refractivity contribution < 1.29 is 4.74 Å². The fraction of sp³-hybridized carbons (Fsp3) is 0.182. The summed E-state index contributed by atoms with van der Waals surface area (Å²) in [5.41, 5.74) is 6.55. The highest BCUT2D eigenvalue weighted by atomic mass is 16.5. The Hall–Kier alpha value is -4.89. The first-order chi connectivity index (χ1) is 18.9. The molecule has 0 unspecified atom stereocenters. The van der Waals surface area contributed by atoms with Gasteiger partial charge in [-0.3, -0.25) is 4.57 Å². The molecule has 0 fully saturated rings. The molecule has 0 aliphatic carbocycles. The maximum Gasteiger partial charge on any atom is 0.147 e. The number of fused-ring (bicyclic) bond motifs is 3. The van der Waals surface area contributed by atoms with Gasteiger partial charge in [0.15, 0.2) is 0 Å². The molecule has 3 aromatic heterocycles. The molecule has 192 valence electrons. The van der Waals surface area contributed by atoms with E-state index in [0.29, 0.717) is 23.0 Å². The molecular weight excluding hydrogens is 482 g/mol. The number of pyridine rings is 1. The van der Waals surface area contributed by atoms with Crippen LogP contribution in [0.1, 0.15) is 36.4 Å². The molecule has 0 spiro atoms. The first-order valence-corrected chi connectivity index (χ1v) is 13.2. The number of nitrogens with zero attached hydrogens (tertiary/aromatic N) is 5. The Balaban J connectivity index is 1.45. The summed E-state index contributed by atoms with van der Waals surface area (Å²) in [5, 5.41) is 16.6. The van der Waals surface area contributed by atoms with Crippen molar-refractivity contribution in [2.45, 2.75) is 34.1 Å². The van der Waals surface area contributed by atoms with Gasteiger partial charge >= 0.3 is 0 Å². The van der Waals surface area contributed by atoms with Crippen molar-refractivity contribution in [1.29, 1.82) is 5.26 Å². The van der Waals surface area contributed by atoms with Crippen LogP contribution in [0.15, 0.2) is 85.1 Å². The fourth-order valence-electron chi connectivity index (χ4n) is 5.24. The van der Waals surface area contributed by atoms with E-state index in [9.17, 15) is 5.26 Å². The summed E-state index contributed by atoms with van der Waals surface area (Å²) < 4.78 is 10.4. The van der Waals surface area contributed by atoms with Crippen LogP contribution in [0.4, 0.5) is 0 Å². The minimum absolute atomic E-state index is 0.461. The van der Waals surface area contributed by atoms with Gasteiger partial charge in [0, 0.05) is 34.8 Å². The van der Waals surface area contributed by atoms with Crippen molar-refractivity contribution in [2.75, 3.05) is 0 Å². The summed E-state index contributed by atoms with van der Waals surface area (Å²) in [6.07, 6.45) is 2.97. The summed E-state index contributed by atoms with van der Waals surface area (Å²) >= 11 is 0. The minimum Gasteiger partial charge on any atom is -0.456 e. The molecule has 6 aromatic rings. The molecule has 3 heterocycles. The Morgan fingerprint density at radius 2 is 1.72 bits per heavy atom. The quantitative estimate of drug-likeness (QED) is 0.228. The molecule has 0 amide bonds. The number of hydrogen-bond donors (Lipinski definition) is 0. The number of aromatic nitrogens is 4. The molecule has 0 saturated carbocycles. The minimum atomic E-state index is 0.461. The second kappa shape index (κ2) is 9.77. The van der Waals surface area contributed by atoms with E-state index < -0.39 is 0 Å². The van der Waals surface area contributed by atoms with Gasteiger partial charge < -0.3 is 4.74 Å². The number of para-hydroxylation sites is 1. The number of aryl methyl sites for hydroxylation is 2. The maximum absolute atomic E-state index is 9.79. The number of nitriles is 1. The van der Waals surface area contributed by atoms with E-state index in [1.165, 1.54) is 5.56 Å². The van der Waals surface area contributed by atoms with Crippen LogP contribution in [-0.4, -0.2) is 19.3 Å². The third-order valence-corrected chi connectivity index (χ3v) is 6.90. The fourth-order valence-corrected chi connectivity index (χ4v) is 5.24. The van der Waals surface area contributed by atoms with Crippen LogP contribution in [-0.2, 0) is 6.42 Å². The van der Waals surface area contributed by atoms with E-state index in [1.54, 1.807) is 6.07 Å². The molecule has 0 radical (unpaired) electrons. The molecule has 0 aliphatic heterocycles. The number of benzene rings is 3. The predicted octanol–water partition coefficient (Wildman–Crippen LogP) is 7.84. The van der Waals surface area contributed by atoms with Crippen molar-refractivity contribution in [1.82, 2.24) is 19.3 Å². The molecule has 0 saturated heterocycles. The first-order valence-electron chi connectivity index (χ1n) is 13.2. The van der Waals surface area contributed by atoms with Crippen molar-refractivity contribution >= 4 is 21.8 Å². The Morgan fingerprint density at radius 3 is 2.44 bits per heavy atom. The monoisotopic (exact) mass is 511 g/mol. The van der Waals surface area contributed by atoms with Crippen LogP contribution in [0.2, 0.25) is 0 Å². The lowest BCUT2D eigenvalue weighted by Crippen LogP contribution is -2.01. The maximum atomic E-state index is 9.79. The molecular formula is C33H29N5O. The lowest BCUT2D eigenvalue weighted by Gasteiger charge is -2.12. The molecule has 0 N–H and O–H groups in total. The smallest absolute Gasteiger partial charge is 0.147 e. The van der Waals surface area contributed by atoms with Crippen LogP contribution in [0.5, 0.6) is 11.5 Å². The summed E-state index contributed by atoms with van der Waals surface area (Å²) in [7, 11) is 0. The molecule has 3 aromatic carbocycles. The van der Waals surface area contributed by atoms with Crippen LogP contribution in [0.25, 0.3) is 33.3 Å². The second-order valence-corrected chi connectivity index (χ2v) is 10.4. The molecule has 6 rings (SSSR count). The van der Waals surface area contributed by atoms with Crippen molar-refractivity contribution in [2.24, 2.45) is 5.92 Å². The van der Waals surface area contributed by atoms with Gasteiger partial charge in [0.05, 0.1) is 28.0 Å². The van der Waals surface area contributed by atoms with Crippen LogP contribution < -0.4 is 4.74 Å². The SMILES string of the molecule is Cc1cc(C)n(-c2ccc(C#N)c(Oc3ccc4c5ccccc5n(-c5ccc(CC(C)C)cn5)c4c3)c2)n1. The van der Waals surface area contributed by atoms with Crippen molar-refractivity contribution in [3.05, 3.63) is 108 Å². The van der Waals surface area contributed by atoms with Gasteiger partial charge in [0.25, 0.3) is 0 Å². The molecule has 0 atom stereocenters. The highest BCUT2D eigenvalue weighted by Gasteiger charge is 2.16. The average Bonchev–Trinajstić information content (AvgIpc) is 3.44. The highest BCUT2D eigenvalue weighted by molar-refractivity contribution is 6.09. The standard InChI is InChI=1S/C33H29N5O/c1-21(2)15-24-9-14-33(35-20-24)37-30-8-6-5-7-28(30)29-13-12-27(18-31(29)37)39-32-17-26(11-10-25(32)19-34)38-23(4)16-22(3)36-38/h5-14,16-18,20-21H,15H2,1-4H3. The van der Waals surface area contributed by atoms with Crippen molar-refractivity contribution in [3.8, 4) is 29.1 Å². The number of ether oxygens (including phenoxy) is 1. The molecule has 0 aliphatic rings. The highest BCUT2D eigenvalue weighted by Crippen LogP contribution is 2.36. The Morgan fingerprint density at radius 1 is 0.897 bits per heavy atom. The third kappa shape index (κ3) is 4.53. The zero-order valence-corrected chi connectivity index (χ0v) is 22.5. The van der Waals surface area contributed by atoms with Gasteiger partial charge in [0.1, 0.15) is 23.4 Å². The number of rotatable bonds is 6. The number of hydrogen-bond acceptors (Lipinski definition) is 4. The van der Waals surface area contributed by atoms with E-state index in [-0.39, 0.29) is 0 Å². The normalized spacial score (nSPS) is 11.4. The zero-order chi connectivity index (χ0) is 27.1. The Bertz CT molecular complexity index is 1870. The topological polar surface area (TPSA) is 68.7 Å². The first kappa shape index (κ1) is 24.4. The summed E-state index contributed by atoms with van der Waals surface area (Å²) in [6.45, 7) is 8.40. The Labute approximate surface area is 227 Å². The second-order valence-electron chi connectivity index (χ2n) is 10.4. The average molecular weight is 512 g/mol. The largest absolute Gasteiger partial charge is 0.456 e. The van der Waals surface area contributed by atoms with Gasteiger partial charge in [-0.05, 0) is 74.2 Å². The predicted molar refractivity (Wildman–Crippen MR) is 155 cm³/mol. The van der Waals surface area contributed by atoms with Gasteiger partial charge in [0.2, 0.25) is 0 Å². The van der Waals surface area contributed by atoms with Gasteiger partial charge in [-0.2, -0.15) is 10.4 Å². The summed E-state index contributed by atoms with van der Waals surface area (Å²) in [5.74, 6) is 2.56. The van der Waals surface area contributed by atoms with Crippen LogP contribution in [0, 0.1) is 31.1 Å². The van der Waals surface area contributed by atoms with Crippen molar-refractivity contribution in [3.63, 3.8) is 0 Å². The summed E-state index contributed by atoms with van der Waals surface area (Å²) in [4.78, 5) is 4.84. The molecule has 6 nitrogen and oxygen atoms in total. The van der Waals surface area contributed by atoms with E-state index in [0.717, 1.165) is 51.1 Å². The molecule has 6 heteroatoms. The molecule has 39 heavy (non-hydrogen) atoms. The van der Waals surface area contributed by atoms with Gasteiger partial charge in [-0.1, -0.05) is 38.1 Å². The zero-order valence-electron chi connectivity index (χ0n) is 22.5. The van der Waals surface area contributed by atoms with Gasteiger partial charge in [-0.15, -0.1) is 0 Å². The lowest BCUT2D eigenvalue weighted by molar-refractivity contribution is 0.481. The van der Waals surface area contributed by atoms with E-state index in [2.05, 4.69) is 66.0 Å². The van der Waals surface area contributed by atoms with E-state index in [1.807, 2.05) is 61.1 Å². The third-order valence-electron chi connectivity index (χ3n) is 6.90. The molecule has 0 bridgehead atoms. The van der Waals surface area contributed by atoms with E-state index >= 15 is 0 Å². The van der Waals surface area contributed by atoms with Crippen LogP contribution >= 0.6 is 0 Å². The van der Waals surface area contributed by atoms with E-state index in [4.69, 9.17) is 9.72 Å². The van der Waals surface area contributed by atoms with Gasteiger partial charge in [-0.25, -0.2) is 9.67 Å². The van der Waals surface area contributed by atoms with Crippen LogP contribution in [0.3, 0.4) is 0 Å². The lowest BCUT2D eigenvalue weighted by atomic mass is 10.1. The Kier molecular flexibility index (Phi) is 6.12.